The Morgan fingerprint density at radius 3 is 1.54 bits per heavy atom. The summed E-state index contributed by atoms with van der Waals surface area (Å²) in [5.41, 5.74) is 5.47. The van der Waals surface area contributed by atoms with Gasteiger partial charge >= 0.3 is 0 Å². The average molecular weight is 351 g/mol. The molecule has 138 valence electrons. The molecule has 2 aliphatic heterocycles. The standard InChI is InChI=1S/C22H30N4/c1-23-17-11-5-6-12-18(17)24(2)21(23)15-9-10-16-22(21)25(3)19-13-7-8-14-20(19)26(22)4/h5-6,11-14H,7-10,15-16H2,1-4H3. The zero-order chi connectivity index (χ0) is 18.1. The molecule has 1 aromatic carbocycles. The Bertz CT molecular complexity index is 753. The molecule has 1 saturated carbocycles. The number of anilines is 2. The Hall–Kier alpha value is -2.10. The lowest BCUT2D eigenvalue weighted by Gasteiger charge is -2.61. The molecule has 5 rings (SSSR count). The van der Waals surface area contributed by atoms with Gasteiger partial charge in [0.2, 0.25) is 0 Å². The van der Waals surface area contributed by atoms with E-state index in [1.807, 2.05) is 0 Å². The number of likely N-dealkylation sites (N-methyl/N-ethyl adjacent to an activating group) is 4. The predicted molar refractivity (Wildman–Crippen MR) is 108 cm³/mol. The molecule has 1 saturated heterocycles. The third kappa shape index (κ3) is 1.58. The molecule has 0 bridgehead atoms. The molecule has 4 aliphatic rings. The van der Waals surface area contributed by atoms with Gasteiger partial charge in [-0.15, -0.1) is 0 Å². The van der Waals surface area contributed by atoms with Crippen LogP contribution in [0.4, 0.5) is 11.4 Å². The molecule has 2 spiro atoms. The van der Waals surface area contributed by atoms with E-state index in [1.54, 1.807) is 0 Å². The molecule has 0 N–H and O–H groups in total. The summed E-state index contributed by atoms with van der Waals surface area (Å²) in [6, 6.07) is 8.90. The summed E-state index contributed by atoms with van der Waals surface area (Å²) >= 11 is 0. The number of para-hydroxylation sites is 2. The highest BCUT2D eigenvalue weighted by molar-refractivity contribution is 5.80. The van der Waals surface area contributed by atoms with Gasteiger partial charge in [-0.05, 0) is 50.7 Å². The quantitative estimate of drug-likeness (QED) is 0.702. The summed E-state index contributed by atoms with van der Waals surface area (Å²) in [6.45, 7) is 0. The SMILES string of the molecule is CN1C2=CCCC=C2N(C)C12CCCCC21N(C)c2ccccc2N1C. The van der Waals surface area contributed by atoms with Crippen LogP contribution in [0, 0.1) is 0 Å². The molecule has 0 atom stereocenters. The van der Waals surface area contributed by atoms with Crippen molar-refractivity contribution in [3.63, 3.8) is 0 Å². The van der Waals surface area contributed by atoms with Crippen LogP contribution >= 0.6 is 0 Å². The van der Waals surface area contributed by atoms with Crippen molar-refractivity contribution >= 4 is 11.4 Å². The monoisotopic (exact) mass is 350 g/mol. The number of nitrogens with zero attached hydrogens (tertiary/aromatic N) is 4. The van der Waals surface area contributed by atoms with Crippen molar-refractivity contribution in [2.75, 3.05) is 38.0 Å². The topological polar surface area (TPSA) is 13.0 Å². The van der Waals surface area contributed by atoms with Crippen LogP contribution in [0.1, 0.15) is 38.5 Å². The molecule has 0 radical (unpaired) electrons. The Balaban J connectivity index is 1.74. The van der Waals surface area contributed by atoms with Crippen molar-refractivity contribution in [2.45, 2.75) is 49.9 Å². The van der Waals surface area contributed by atoms with Crippen LogP contribution in [0.25, 0.3) is 0 Å². The minimum absolute atomic E-state index is 0.0459. The second-order valence-electron chi connectivity index (χ2n) is 8.32. The minimum atomic E-state index is -0.0581. The molecule has 0 unspecified atom stereocenters. The summed E-state index contributed by atoms with van der Waals surface area (Å²) < 4.78 is 0. The largest absolute Gasteiger partial charge is 0.347 e. The van der Waals surface area contributed by atoms with Gasteiger partial charge in [-0.2, -0.15) is 0 Å². The first kappa shape index (κ1) is 16.1. The number of benzene rings is 1. The summed E-state index contributed by atoms with van der Waals surface area (Å²) in [7, 11) is 9.27. The molecule has 4 nitrogen and oxygen atoms in total. The van der Waals surface area contributed by atoms with Gasteiger partial charge in [-0.3, -0.25) is 0 Å². The lowest BCUT2D eigenvalue weighted by molar-refractivity contribution is -0.0464. The maximum Gasteiger partial charge on any atom is 0.155 e. The number of hydrogen-bond acceptors (Lipinski definition) is 4. The second kappa shape index (κ2) is 5.21. The van der Waals surface area contributed by atoms with Crippen molar-refractivity contribution in [1.29, 1.82) is 0 Å². The van der Waals surface area contributed by atoms with E-state index in [0.717, 1.165) is 12.8 Å². The van der Waals surface area contributed by atoms with Crippen molar-refractivity contribution in [3.8, 4) is 0 Å². The summed E-state index contributed by atoms with van der Waals surface area (Å²) in [4.78, 5) is 10.4. The number of allylic oxidation sites excluding steroid dienone is 2. The summed E-state index contributed by atoms with van der Waals surface area (Å²) in [6.07, 6.45) is 12.2. The van der Waals surface area contributed by atoms with E-state index in [1.165, 1.54) is 48.5 Å². The first-order valence-corrected chi connectivity index (χ1v) is 10.0. The highest BCUT2D eigenvalue weighted by Crippen LogP contribution is 2.60. The van der Waals surface area contributed by atoms with E-state index in [4.69, 9.17) is 0 Å². The van der Waals surface area contributed by atoms with Gasteiger partial charge < -0.3 is 19.6 Å². The molecule has 26 heavy (non-hydrogen) atoms. The maximum atomic E-state index is 2.61. The Morgan fingerprint density at radius 1 is 0.654 bits per heavy atom. The smallest absolute Gasteiger partial charge is 0.155 e. The first-order valence-electron chi connectivity index (χ1n) is 10.0. The van der Waals surface area contributed by atoms with Gasteiger partial charge in [-0.25, -0.2) is 0 Å². The van der Waals surface area contributed by atoms with E-state index in [9.17, 15) is 0 Å². The minimum Gasteiger partial charge on any atom is -0.347 e. The fraction of sp³-hybridized carbons (Fsp3) is 0.545. The van der Waals surface area contributed by atoms with Crippen molar-refractivity contribution in [2.24, 2.45) is 0 Å². The zero-order valence-electron chi connectivity index (χ0n) is 16.5. The average Bonchev–Trinajstić information content (AvgIpc) is 3.03. The van der Waals surface area contributed by atoms with Crippen molar-refractivity contribution in [3.05, 3.63) is 47.8 Å². The van der Waals surface area contributed by atoms with Gasteiger partial charge in [-0.1, -0.05) is 24.3 Å². The summed E-state index contributed by atoms with van der Waals surface area (Å²) in [5.74, 6) is 0. The molecule has 0 amide bonds. The van der Waals surface area contributed by atoms with Gasteiger partial charge in [0.05, 0.1) is 22.8 Å². The van der Waals surface area contributed by atoms with Crippen LogP contribution in [0.5, 0.6) is 0 Å². The van der Waals surface area contributed by atoms with Crippen molar-refractivity contribution < 1.29 is 0 Å². The molecular formula is C22H30N4. The van der Waals surface area contributed by atoms with Crippen LogP contribution in [0.15, 0.2) is 47.8 Å². The van der Waals surface area contributed by atoms with E-state index < -0.39 is 0 Å². The summed E-state index contributed by atoms with van der Waals surface area (Å²) in [5, 5.41) is 0. The third-order valence-corrected chi connectivity index (χ3v) is 7.59. The molecule has 2 aliphatic carbocycles. The van der Waals surface area contributed by atoms with Gasteiger partial charge in [0.15, 0.2) is 11.3 Å². The fourth-order valence-electron chi connectivity index (χ4n) is 6.43. The fourth-order valence-corrected chi connectivity index (χ4v) is 6.43. The molecular weight excluding hydrogens is 320 g/mol. The Kier molecular flexibility index (Phi) is 3.23. The number of hydrogen-bond donors (Lipinski definition) is 0. The molecule has 2 fully saturated rings. The van der Waals surface area contributed by atoms with Crippen molar-refractivity contribution in [1.82, 2.24) is 9.80 Å². The third-order valence-electron chi connectivity index (χ3n) is 7.59. The number of fused-ring (bicyclic) bond motifs is 3. The Morgan fingerprint density at radius 2 is 1.08 bits per heavy atom. The van der Waals surface area contributed by atoms with Gasteiger partial charge in [0.25, 0.3) is 0 Å². The normalized spacial score (nSPS) is 25.5. The Labute approximate surface area is 157 Å². The van der Waals surface area contributed by atoms with E-state index >= 15 is 0 Å². The first-order chi connectivity index (χ1) is 12.6. The predicted octanol–water partition coefficient (Wildman–Crippen LogP) is 3.98. The van der Waals surface area contributed by atoms with Crippen LogP contribution in [0.3, 0.4) is 0 Å². The molecule has 2 heterocycles. The lowest BCUT2D eigenvalue weighted by Crippen LogP contribution is -2.77. The van der Waals surface area contributed by atoms with Crippen LogP contribution in [-0.4, -0.2) is 49.3 Å². The molecule has 0 aromatic heterocycles. The molecule has 1 aromatic rings. The lowest BCUT2D eigenvalue weighted by atomic mass is 9.75. The van der Waals surface area contributed by atoms with E-state index in [-0.39, 0.29) is 11.3 Å². The van der Waals surface area contributed by atoms with Crippen LogP contribution in [-0.2, 0) is 0 Å². The highest BCUT2D eigenvalue weighted by atomic mass is 15.6. The van der Waals surface area contributed by atoms with Crippen LogP contribution < -0.4 is 9.80 Å². The maximum absolute atomic E-state index is 2.61. The second-order valence-corrected chi connectivity index (χ2v) is 8.32. The van der Waals surface area contributed by atoms with E-state index in [0.29, 0.717) is 0 Å². The van der Waals surface area contributed by atoms with E-state index in [2.05, 4.69) is 84.2 Å². The van der Waals surface area contributed by atoms with Gasteiger partial charge in [0.1, 0.15) is 0 Å². The molecule has 4 heteroatoms. The van der Waals surface area contributed by atoms with Gasteiger partial charge in [0, 0.05) is 28.2 Å². The van der Waals surface area contributed by atoms with Crippen LogP contribution in [0.2, 0.25) is 0 Å². The zero-order valence-corrected chi connectivity index (χ0v) is 16.5. The highest BCUT2D eigenvalue weighted by Gasteiger charge is 2.68. The number of rotatable bonds is 0.